The van der Waals surface area contributed by atoms with Gasteiger partial charge in [-0.05, 0) is 24.3 Å². The zero-order valence-electron chi connectivity index (χ0n) is 9.97. The van der Waals surface area contributed by atoms with Crippen molar-refractivity contribution in [3.05, 3.63) is 35.3 Å². The van der Waals surface area contributed by atoms with Crippen molar-refractivity contribution in [3.8, 4) is 16.3 Å². The lowest BCUT2D eigenvalue weighted by atomic mass is 10.2. The summed E-state index contributed by atoms with van der Waals surface area (Å²) in [5, 5.41) is 15.6. The fourth-order valence-corrected chi connectivity index (χ4v) is 2.26. The molecule has 1 aromatic carbocycles. The molecule has 0 spiro atoms. The third-order valence-corrected chi connectivity index (χ3v) is 3.30. The highest BCUT2D eigenvalue weighted by Gasteiger charge is 2.05. The van der Waals surface area contributed by atoms with Crippen molar-refractivity contribution in [2.45, 2.75) is 26.4 Å². The second kappa shape index (κ2) is 5.29. The van der Waals surface area contributed by atoms with Crippen LogP contribution in [-0.4, -0.2) is 16.1 Å². The Morgan fingerprint density at radius 3 is 2.65 bits per heavy atom. The van der Waals surface area contributed by atoms with E-state index in [4.69, 9.17) is 0 Å². The highest BCUT2D eigenvalue weighted by molar-refractivity contribution is 7.13. The van der Waals surface area contributed by atoms with Gasteiger partial charge in [0, 0.05) is 23.5 Å². The topological polar surface area (TPSA) is 45.1 Å². The molecule has 2 rings (SSSR count). The van der Waals surface area contributed by atoms with Crippen molar-refractivity contribution in [1.82, 2.24) is 10.3 Å². The normalized spacial score (nSPS) is 11.0. The first-order chi connectivity index (χ1) is 8.15. The molecule has 0 saturated carbocycles. The standard InChI is InChI=1S/C13H16N2OS/c1-9(2)14-7-11-8-17-13(15-11)10-3-5-12(16)6-4-10/h3-6,8-9,14,16H,7H2,1-2H3. The van der Waals surface area contributed by atoms with E-state index in [1.807, 2.05) is 12.1 Å². The minimum absolute atomic E-state index is 0.284. The van der Waals surface area contributed by atoms with Crippen LogP contribution in [0.1, 0.15) is 19.5 Å². The summed E-state index contributed by atoms with van der Waals surface area (Å²) in [4.78, 5) is 4.56. The zero-order chi connectivity index (χ0) is 12.3. The van der Waals surface area contributed by atoms with Crippen molar-refractivity contribution in [2.75, 3.05) is 0 Å². The summed E-state index contributed by atoms with van der Waals surface area (Å²) >= 11 is 1.63. The Balaban J connectivity index is 2.10. The molecule has 0 amide bonds. The van der Waals surface area contributed by atoms with Crippen LogP contribution in [0.2, 0.25) is 0 Å². The number of nitrogens with one attached hydrogen (secondary N) is 1. The number of phenols is 1. The van der Waals surface area contributed by atoms with Gasteiger partial charge in [-0.3, -0.25) is 0 Å². The fourth-order valence-electron chi connectivity index (χ4n) is 1.43. The van der Waals surface area contributed by atoms with Crippen LogP contribution >= 0.6 is 11.3 Å². The molecule has 4 heteroatoms. The van der Waals surface area contributed by atoms with Gasteiger partial charge < -0.3 is 10.4 Å². The number of benzene rings is 1. The smallest absolute Gasteiger partial charge is 0.123 e. The van der Waals surface area contributed by atoms with Crippen LogP contribution < -0.4 is 5.32 Å². The predicted molar refractivity (Wildman–Crippen MR) is 71.2 cm³/mol. The molecule has 0 bridgehead atoms. The summed E-state index contributed by atoms with van der Waals surface area (Å²) in [5.74, 6) is 0.284. The number of hydrogen-bond acceptors (Lipinski definition) is 4. The van der Waals surface area contributed by atoms with Crippen LogP contribution in [0, 0.1) is 0 Å². The molecule has 1 aromatic heterocycles. The van der Waals surface area contributed by atoms with Gasteiger partial charge in [-0.25, -0.2) is 4.98 Å². The minimum atomic E-state index is 0.284. The van der Waals surface area contributed by atoms with E-state index in [-0.39, 0.29) is 5.75 Å². The summed E-state index contributed by atoms with van der Waals surface area (Å²) in [6.07, 6.45) is 0. The van der Waals surface area contributed by atoms with E-state index in [2.05, 4.69) is 29.5 Å². The maximum Gasteiger partial charge on any atom is 0.123 e. The van der Waals surface area contributed by atoms with Gasteiger partial charge in [-0.15, -0.1) is 11.3 Å². The molecule has 0 aliphatic heterocycles. The fraction of sp³-hybridized carbons (Fsp3) is 0.308. The maximum atomic E-state index is 9.23. The van der Waals surface area contributed by atoms with Gasteiger partial charge in [-0.1, -0.05) is 13.8 Å². The number of phenolic OH excluding ortho intramolecular Hbond substituents is 1. The Morgan fingerprint density at radius 2 is 2.00 bits per heavy atom. The molecule has 3 nitrogen and oxygen atoms in total. The summed E-state index contributed by atoms with van der Waals surface area (Å²) < 4.78 is 0. The molecule has 0 radical (unpaired) electrons. The van der Waals surface area contributed by atoms with Crippen LogP contribution in [0.5, 0.6) is 5.75 Å². The van der Waals surface area contributed by atoms with Crippen molar-refractivity contribution in [3.63, 3.8) is 0 Å². The number of nitrogens with zero attached hydrogens (tertiary/aromatic N) is 1. The molecule has 17 heavy (non-hydrogen) atoms. The lowest BCUT2D eigenvalue weighted by Crippen LogP contribution is -2.21. The number of thiazole rings is 1. The first-order valence-electron chi connectivity index (χ1n) is 5.62. The molecular formula is C13H16N2OS. The number of aromatic nitrogens is 1. The quantitative estimate of drug-likeness (QED) is 0.874. The molecule has 0 fully saturated rings. The van der Waals surface area contributed by atoms with Crippen molar-refractivity contribution >= 4 is 11.3 Å². The van der Waals surface area contributed by atoms with Gasteiger partial charge in [0.25, 0.3) is 0 Å². The van der Waals surface area contributed by atoms with Crippen LogP contribution in [0.25, 0.3) is 10.6 Å². The van der Waals surface area contributed by atoms with E-state index in [0.717, 1.165) is 22.8 Å². The Bertz CT molecular complexity index is 476. The van der Waals surface area contributed by atoms with Crippen LogP contribution in [0.15, 0.2) is 29.6 Å². The Labute approximate surface area is 105 Å². The first kappa shape index (κ1) is 12.1. The Morgan fingerprint density at radius 1 is 1.29 bits per heavy atom. The van der Waals surface area contributed by atoms with Gasteiger partial charge in [0.2, 0.25) is 0 Å². The summed E-state index contributed by atoms with van der Waals surface area (Å²) in [5.41, 5.74) is 2.11. The third kappa shape index (κ3) is 3.28. The monoisotopic (exact) mass is 248 g/mol. The minimum Gasteiger partial charge on any atom is -0.508 e. The zero-order valence-corrected chi connectivity index (χ0v) is 10.8. The van der Waals surface area contributed by atoms with E-state index < -0.39 is 0 Å². The van der Waals surface area contributed by atoms with E-state index in [1.165, 1.54) is 0 Å². The highest BCUT2D eigenvalue weighted by Crippen LogP contribution is 2.25. The Hall–Kier alpha value is -1.39. The first-order valence-corrected chi connectivity index (χ1v) is 6.50. The molecule has 1 heterocycles. The summed E-state index contributed by atoms with van der Waals surface area (Å²) in [6, 6.07) is 7.60. The van der Waals surface area contributed by atoms with Crippen molar-refractivity contribution in [1.29, 1.82) is 0 Å². The largest absolute Gasteiger partial charge is 0.508 e. The SMILES string of the molecule is CC(C)NCc1csc(-c2ccc(O)cc2)n1. The second-order valence-electron chi connectivity index (χ2n) is 4.23. The molecule has 0 saturated heterocycles. The van der Waals surface area contributed by atoms with Gasteiger partial charge in [0.15, 0.2) is 0 Å². The van der Waals surface area contributed by atoms with E-state index in [1.54, 1.807) is 23.5 Å². The lowest BCUT2D eigenvalue weighted by molar-refractivity contribution is 0.475. The number of hydrogen-bond donors (Lipinski definition) is 2. The third-order valence-electron chi connectivity index (χ3n) is 2.36. The highest BCUT2D eigenvalue weighted by atomic mass is 32.1. The van der Waals surface area contributed by atoms with Gasteiger partial charge in [-0.2, -0.15) is 0 Å². The van der Waals surface area contributed by atoms with E-state index in [0.29, 0.717) is 6.04 Å². The van der Waals surface area contributed by atoms with Crippen molar-refractivity contribution in [2.24, 2.45) is 0 Å². The predicted octanol–water partition coefficient (Wildman–Crippen LogP) is 3.01. The molecule has 0 atom stereocenters. The Kier molecular flexibility index (Phi) is 3.76. The maximum absolute atomic E-state index is 9.23. The molecule has 2 N–H and O–H groups in total. The second-order valence-corrected chi connectivity index (χ2v) is 5.08. The van der Waals surface area contributed by atoms with E-state index >= 15 is 0 Å². The van der Waals surface area contributed by atoms with Crippen LogP contribution in [0.4, 0.5) is 0 Å². The van der Waals surface area contributed by atoms with Crippen molar-refractivity contribution < 1.29 is 5.11 Å². The molecule has 0 unspecified atom stereocenters. The molecule has 0 aliphatic rings. The van der Waals surface area contributed by atoms with E-state index in [9.17, 15) is 5.11 Å². The molecule has 2 aromatic rings. The van der Waals surface area contributed by atoms with Crippen LogP contribution in [0.3, 0.4) is 0 Å². The van der Waals surface area contributed by atoms with Gasteiger partial charge in [0.05, 0.1) is 5.69 Å². The molecule has 90 valence electrons. The summed E-state index contributed by atoms with van der Waals surface area (Å²) in [6.45, 7) is 5.03. The van der Waals surface area contributed by atoms with Gasteiger partial charge >= 0.3 is 0 Å². The summed E-state index contributed by atoms with van der Waals surface area (Å²) in [7, 11) is 0. The van der Waals surface area contributed by atoms with Crippen LogP contribution in [-0.2, 0) is 6.54 Å². The number of aromatic hydroxyl groups is 1. The molecular weight excluding hydrogens is 232 g/mol. The van der Waals surface area contributed by atoms with Gasteiger partial charge in [0.1, 0.15) is 10.8 Å². The number of rotatable bonds is 4. The lowest BCUT2D eigenvalue weighted by Gasteiger charge is -2.04. The average molecular weight is 248 g/mol. The average Bonchev–Trinajstić information content (AvgIpc) is 2.76. The molecule has 0 aliphatic carbocycles.